The third-order valence-corrected chi connectivity index (χ3v) is 4.84. The molecule has 2 aromatic rings. The van der Waals surface area contributed by atoms with Crippen LogP contribution in [0.2, 0.25) is 0 Å². The van der Waals surface area contributed by atoms with Crippen molar-refractivity contribution >= 4 is 17.2 Å². The second-order valence-electron chi connectivity index (χ2n) is 5.52. The molecule has 2 N–H and O–H groups in total. The molecule has 0 spiro atoms. The summed E-state index contributed by atoms with van der Waals surface area (Å²) >= 11 is 1.61. The van der Waals surface area contributed by atoms with Crippen LogP contribution in [0.3, 0.4) is 0 Å². The Bertz CT molecular complexity index is 620. The summed E-state index contributed by atoms with van der Waals surface area (Å²) < 4.78 is 5.30. The maximum Gasteiger partial charge on any atom is 0.236 e. The Morgan fingerprint density at radius 2 is 2.17 bits per heavy atom. The van der Waals surface area contributed by atoms with Crippen molar-refractivity contribution < 1.29 is 9.32 Å². The minimum absolute atomic E-state index is 0.0385. The van der Waals surface area contributed by atoms with Crippen molar-refractivity contribution in [3.05, 3.63) is 23.4 Å². The Morgan fingerprint density at radius 1 is 1.35 bits per heavy atom. The summed E-state index contributed by atoms with van der Waals surface area (Å²) in [7, 11) is 0. The van der Waals surface area contributed by atoms with Crippen LogP contribution in [-0.4, -0.2) is 65.1 Å². The van der Waals surface area contributed by atoms with Crippen LogP contribution in [0.15, 0.2) is 22.0 Å². The summed E-state index contributed by atoms with van der Waals surface area (Å²) in [4.78, 5) is 21.2. The predicted octanol–water partition coefficient (Wildman–Crippen LogP) is 0.834. The SMILES string of the molecule is NCC(=O)N1CCN(CCCc2nc(-c3cccs3)no2)CC1. The van der Waals surface area contributed by atoms with E-state index < -0.39 is 0 Å². The van der Waals surface area contributed by atoms with E-state index in [0.29, 0.717) is 11.7 Å². The number of aryl methyl sites for hydroxylation is 1. The number of carbonyl (C=O) groups is 1. The molecular formula is C15H21N5O2S. The number of thiophene rings is 1. The highest BCUT2D eigenvalue weighted by Crippen LogP contribution is 2.21. The average molecular weight is 335 g/mol. The van der Waals surface area contributed by atoms with Crippen molar-refractivity contribution in [2.45, 2.75) is 12.8 Å². The topological polar surface area (TPSA) is 88.5 Å². The lowest BCUT2D eigenvalue weighted by atomic mass is 10.2. The Kier molecular flexibility index (Phi) is 5.37. The number of hydrogen-bond donors (Lipinski definition) is 1. The highest BCUT2D eigenvalue weighted by atomic mass is 32.1. The van der Waals surface area contributed by atoms with Crippen LogP contribution in [0.5, 0.6) is 0 Å². The molecule has 1 saturated heterocycles. The average Bonchev–Trinajstić information content (AvgIpc) is 3.26. The Hall–Kier alpha value is -1.77. The maximum atomic E-state index is 11.5. The van der Waals surface area contributed by atoms with E-state index in [1.165, 1.54) is 0 Å². The van der Waals surface area contributed by atoms with Gasteiger partial charge in [0.15, 0.2) is 0 Å². The van der Waals surface area contributed by atoms with E-state index in [9.17, 15) is 4.79 Å². The maximum absolute atomic E-state index is 11.5. The van der Waals surface area contributed by atoms with Gasteiger partial charge in [-0.05, 0) is 24.4 Å². The highest BCUT2D eigenvalue weighted by molar-refractivity contribution is 7.13. The lowest BCUT2D eigenvalue weighted by Crippen LogP contribution is -2.50. The van der Waals surface area contributed by atoms with E-state index in [4.69, 9.17) is 10.3 Å². The molecule has 0 atom stereocenters. The summed E-state index contributed by atoms with van der Waals surface area (Å²) in [5, 5.41) is 6.02. The molecule has 8 heteroatoms. The van der Waals surface area contributed by atoms with E-state index in [1.807, 2.05) is 22.4 Å². The fourth-order valence-corrected chi connectivity index (χ4v) is 3.32. The second kappa shape index (κ2) is 7.67. The van der Waals surface area contributed by atoms with Crippen molar-refractivity contribution in [3.63, 3.8) is 0 Å². The van der Waals surface area contributed by atoms with E-state index in [1.54, 1.807) is 11.3 Å². The molecule has 3 heterocycles. The summed E-state index contributed by atoms with van der Waals surface area (Å²) in [5.74, 6) is 1.39. The van der Waals surface area contributed by atoms with Gasteiger partial charge in [-0.25, -0.2) is 0 Å². The van der Waals surface area contributed by atoms with Gasteiger partial charge in [-0.2, -0.15) is 4.98 Å². The molecule has 7 nitrogen and oxygen atoms in total. The first-order chi connectivity index (χ1) is 11.3. The molecule has 2 aromatic heterocycles. The second-order valence-corrected chi connectivity index (χ2v) is 6.47. The molecule has 0 bridgehead atoms. The zero-order chi connectivity index (χ0) is 16.1. The Balaban J connectivity index is 1.40. The lowest BCUT2D eigenvalue weighted by Gasteiger charge is -2.34. The predicted molar refractivity (Wildman–Crippen MR) is 88.0 cm³/mol. The van der Waals surface area contributed by atoms with Crippen molar-refractivity contribution in [2.24, 2.45) is 5.73 Å². The summed E-state index contributed by atoms with van der Waals surface area (Å²) in [6.07, 6.45) is 1.75. The molecule has 23 heavy (non-hydrogen) atoms. The standard InChI is InChI=1S/C15H21N5O2S/c16-11-14(21)20-8-6-19(7-9-20)5-1-4-13-17-15(18-22-13)12-3-2-10-23-12/h2-3,10H,1,4-9,11,16H2. The summed E-state index contributed by atoms with van der Waals surface area (Å²) in [5.41, 5.74) is 5.39. The van der Waals surface area contributed by atoms with Crippen LogP contribution < -0.4 is 5.73 Å². The van der Waals surface area contributed by atoms with Gasteiger partial charge in [0.2, 0.25) is 17.6 Å². The van der Waals surface area contributed by atoms with Gasteiger partial charge >= 0.3 is 0 Å². The van der Waals surface area contributed by atoms with E-state index in [0.717, 1.165) is 50.4 Å². The number of piperazine rings is 1. The zero-order valence-electron chi connectivity index (χ0n) is 13.0. The van der Waals surface area contributed by atoms with Crippen molar-refractivity contribution in [1.29, 1.82) is 0 Å². The molecule has 0 aliphatic carbocycles. The molecule has 1 fully saturated rings. The van der Waals surface area contributed by atoms with Crippen LogP contribution in [-0.2, 0) is 11.2 Å². The van der Waals surface area contributed by atoms with Crippen molar-refractivity contribution in [1.82, 2.24) is 19.9 Å². The van der Waals surface area contributed by atoms with Crippen molar-refractivity contribution in [2.75, 3.05) is 39.3 Å². The number of rotatable bonds is 6. The molecule has 124 valence electrons. The normalized spacial score (nSPS) is 16.0. The van der Waals surface area contributed by atoms with E-state index in [2.05, 4.69) is 15.0 Å². The fraction of sp³-hybridized carbons (Fsp3) is 0.533. The lowest BCUT2D eigenvalue weighted by molar-refractivity contribution is -0.131. The molecule has 1 aliphatic heterocycles. The first-order valence-corrected chi connectivity index (χ1v) is 8.71. The minimum atomic E-state index is 0.0385. The number of hydrogen-bond acceptors (Lipinski definition) is 7. The highest BCUT2D eigenvalue weighted by Gasteiger charge is 2.19. The third-order valence-electron chi connectivity index (χ3n) is 3.97. The first kappa shape index (κ1) is 16.1. The van der Waals surface area contributed by atoms with Gasteiger partial charge in [0, 0.05) is 32.6 Å². The molecule has 0 saturated carbocycles. The van der Waals surface area contributed by atoms with Gasteiger partial charge in [0.1, 0.15) is 0 Å². The van der Waals surface area contributed by atoms with Crippen LogP contribution in [0.1, 0.15) is 12.3 Å². The molecule has 0 aromatic carbocycles. The smallest absolute Gasteiger partial charge is 0.236 e. The fourth-order valence-electron chi connectivity index (χ4n) is 2.67. The van der Waals surface area contributed by atoms with Gasteiger partial charge in [0.25, 0.3) is 0 Å². The monoisotopic (exact) mass is 335 g/mol. The van der Waals surface area contributed by atoms with Crippen LogP contribution in [0.25, 0.3) is 10.7 Å². The van der Waals surface area contributed by atoms with E-state index >= 15 is 0 Å². The molecule has 0 unspecified atom stereocenters. The molecule has 3 rings (SSSR count). The quantitative estimate of drug-likeness (QED) is 0.841. The van der Waals surface area contributed by atoms with Gasteiger partial charge in [-0.3, -0.25) is 9.69 Å². The summed E-state index contributed by atoms with van der Waals surface area (Å²) in [6.45, 7) is 4.40. The number of amides is 1. The number of carbonyl (C=O) groups excluding carboxylic acids is 1. The molecule has 1 aliphatic rings. The van der Waals surface area contributed by atoms with Crippen LogP contribution in [0, 0.1) is 0 Å². The van der Waals surface area contributed by atoms with Crippen LogP contribution in [0.4, 0.5) is 0 Å². The van der Waals surface area contributed by atoms with Crippen LogP contribution >= 0.6 is 11.3 Å². The van der Waals surface area contributed by atoms with Gasteiger partial charge in [-0.15, -0.1) is 11.3 Å². The zero-order valence-corrected chi connectivity index (χ0v) is 13.8. The minimum Gasteiger partial charge on any atom is -0.339 e. The van der Waals surface area contributed by atoms with Crippen molar-refractivity contribution in [3.8, 4) is 10.7 Å². The third kappa shape index (κ3) is 4.15. The molecule has 0 radical (unpaired) electrons. The number of nitrogens with two attached hydrogens (primary N) is 1. The first-order valence-electron chi connectivity index (χ1n) is 7.83. The number of aromatic nitrogens is 2. The molecule has 1 amide bonds. The summed E-state index contributed by atoms with van der Waals surface area (Å²) in [6, 6.07) is 3.96. The number of nitrogens with zero attached hydrogens (tertiary/aromatic N) is 4. The Labute approximate surface area is 139 Å². The largest absolute Gasteiger partial charge is 0.339 e. The van der Waals surface area contributed by atoms with E-state index in [-0.39, 0.29) is 12.5 Å². The van der Waals surface area contributed by atoms with Gasteiger partial charge < -0.3 is 15.2 Å². The Morgan fingerprint density at radius 3 is 2.87 bits per heavy atom. The molecular weight excluding hydrogens is 314 g/mol. The van der Waals surface area contributed by atoms with Gasteiger partial charge in [0.05, 0.1) is 11.4 Å². The van der Waals surface area contributed by atoms with Gasteiger partial charge in [-0.1, -0.05) is 11.2 Å².